The van der Waals surface area contributed by atoms with Crippen LogP contribution >= 0.6 is 0 Å². The van der Waals surface area contributed by atoms with Gasteiger partial charge in [0, 0.05) is 16.6 Å². The Labute approximate surface area is 322 Å². The first-order chi connectivity index (χ1) is 27.3. The summed E-state index contributed by atoms with van der Waals surface area (Å²) in [6.07, 6.45) is 0. The molecule has 1 heteroatoms. The van der Waals surface area contributed by atoms with Crippen molar-refractivity contribution in [3.63, 3.8) is 0 Å². The molecule has 0 aliphatic rings. The summed E-state index contributed by atoms with van der Waals surface area (Å²) in [4.78, 5) is 2.49. The smallest absolute Gasteiger partial charge is 0.0546 e. The van der Waals surface area contributed by atoms with Crippen LogP contribution < -0.4 is 4.90 Å². The van der Waals surface area contributed by atoms with E-state index in [0.29, 0.717) is 0 Å². The van der Waals surface area contributed by atoms with Crippen molar-refractivity contribution in [3.05, 3.63) is 224 Å². The van der Waals surface area contributed by atoms with E-state index in [1.807, 2.05) is 0 Å². The predicted octanol–water partition coefficient (Wildman–Crippen LogP) is 15.3. The van der Waals surface area contributed by atoms with E-state index in [4.69, 9.17) is 0 Å². The second-order valence-electron chi connectivity index (χ2n) is 14.0. The van der Waals surface area contributed by atoms with Crippen LogP contribution in [-0.2, 0) is 0 Å². The van der Waals surface area contributed by atoms with E-state index in [9.17, 15) is 0 Å². The molecule has 0 aromatic heterocycles. The van der Waals surface area contributed by atoms with Gasteiger partial charge < -0.3 is 4.90 Å². The average molecular weight is 700 g/mol. The number of hydrogen-bond donors (Lipinski definition) is 0. The molecule has 0 amide bonds. The fraction of sp³-hybridized carbons (Fsp3) is 0. The van der Waals surface area contributed by atoms with Crippen molar-refractivity contribution in [2.75, 3.05) is 4.90 Å². The fourth-order valence-electron chi connectivity index (χ4n) is 8.33. The van der Waals surface area contributed by atoms with Gasteiger partial charge in [-0.15, -0.1) is 0 Å². The summed E-state index contributed by atoms with van der Waals surface area (Å²) in [5.41, 5.74) is 12.9. The molecule has 0 bridgehead atoms. The molecule has 258 valence electrons. The summed E-state index contributed by atoms with van der Waals surface area (Å²) in [6, 6.07) is 81.6. The first-order valence-corrected chi connectivity index (χ1v) is 18.9. The van der Waals surface area contributed by atoms with Gasteiger partial charge in [0.25, 0.3) is 0 Å². The van der Waals surface area contributed by atoms with Crippen LogP contribution in [0.2, 0.25) is 0 Å². The minimum absolute atomic E-state index is 1.09. The maximum atomic E-state index is 2.49. The van der Waals surface area contributed by atoms with Gasteiger partial charge in [-0.05, 0) is 90.1 Å². The van der Waals surface area contributed by atoms with Crippen molar-refractivity contribution >= 4 is 49.4 Å². The van der Waals surface area contributed by atoms with Gasteiger partial charge in [-0.25, -0.2) is 0 Å². The Morgan fingerprint density at radius 3 is 1.49 bits per heavy atom. The minimum Gasteiger partial charge on any atom is -0.309 e. The van der Waals surface area contributed by atoms with Crippen LogP contribution in [0.5, 0.6) is 0 Å². The normalized spacial score (nSPS) is 11.3. The molecule has 0 atom stereocenters. The lowest BCUT2D eigenvalue weighted by Gasteiger charge is -2.31. The molecule has 10 aromatic carbocycles. The molecule has 0 heterocycles. The number of benzene rings is 10. The van der Waals surface area contributed by atoms with Gasteiger partial charge in [0.15, 0.2) is 0 Å². The molecular formula is C54H37N. The molecule has 10 rings (SSSR count). The molecule has 55 heavy (non-hydrogen) atoms. The second kappa shape index (κ2) is 14.0. The van der Waals surface area contributed by atoms with E-state index in [-0.39, 0.29) is 0 Å². The molecule has 0 spiro atoms. The Bertz CT molecular complexity index is 2960. The van der Waals surface area contributed by atoms with Gasteiger partial charge in [-0.2, -0.15) is 0 Å². The van der Waals surface area contributed by atoms with Crippen LogP contribution in [0.3, 0.4) is 0 Å². The third-order valence-corrected chi connectivity index (χ3v) is 10.9. The predicted molar refractivity (Wildman–Crippen MR) is 235 cm³/mol. The van der Waals surface area contributed by atoms with Crippen LogP contribution in [0.25, 0.3) is 76.8 Å². The molecule has 0 aliphatic carbocycles. The Morgan fingerprint density at radius 1 is 0.255 bits per heavy atom. The van der Waals surface area contributed by atoms with E-state index in [2.05, 4.69) is 229 Å². The van der Waals surface area contributed by atoms with Gasteiger partial charge in [0.1, 0.15) is 0 Å². The Kier molecular flexibility index (Phi) is 8.24. The van der Waals surface area contributed by atoms with E-state index in [0.717, 1.165) is 17.1 Å². The number of rotatable bonds is 7. The largest absolute Gasteiger partial charge is 0.309 e. The molecule has 0 saturated carbocycles. The molecule has 0 saturated heterocycles. The van der Waals surface area contributed by atoms with Crippen LogP contribution in [0.15, 0.2) is 224 Å². The van der Waals surface area contributed by atoms with E-state index < -0.39 is 0 Å². The van der Waals surface area contributed by atoms with Crippen molar-refractivity contribution in [2.24, 2.45) is 0 Å². The van der Waals surface area contributed by atoms with Crippen molar-refractivity contribution in [1.82, 2.24) is 0 Å². The molecule has 0 radical (unpaired) electrons. The quantitative estimate of drug-likeness (QED) is 0.150. The van der Waals surface area contributed by atoms with Crippen LogP contribution in [0, 0.1) is 0 Å². The first-order valence-electron chi connectivity index (χ1n) is 18.9. The molecule has 1 nitrogen and oxygen atoms in total. The zero-order valence-electron chi connectivity index (χ0n) is 30.3. The summed E-state index contributed by atoms with van der Waals surface area (Å²) < 4.78 is 0. The van der Waals surface area contributed by atoms with E-state index >= 15 is 0 Å². The lowest BCUT2D eigenvalue weighted by molar-refractivity contribution is 1.30. The zero-order chi connectivity index (χ0) is 36.6. The zero-order valence-corrected chi connectivity index (χ0v) is 30.3. The molecular weight excluding hydrogens is 663 g/mol. The maximum absolute atomic E-state index is 2.49. The van der Waals surface area contributed by atoms with Gasteiger partial charge >= 0.3 is 0 Å². The summed E-state index contributed by atoms with van der Waals surface area (Å²) in [5.74, 6) is 0. The Balaban J connectivity index is 1.28. The Hall–Kier alpha value is -7.22. The third kappa shape index (κ3) is 5.84. The van der Waals surface area contributed by atoms with Crippen molar-refractivity contribution in [2.45, 2.75) is 0 Å². The monoisotopic (exact) mass is 699 g/mol. The maximum Gasteiger partial charge on any atom is 0.0546 e. The highest BCUT2D eigenvalue weighted by molar-refractivity contribution is 6.15. The van der Waals surface area contributed by atoms with Crippen molar-refractivity contribution in [3.8, 4) is 44.5 Å². The lowest BCUT2D eigenvalue weighted by atomic mass is 9.87. The SMILES string of the molecule is c1ccc(-c2ccccc2-c2c(-c3ccccc3)cccc2N(c2ccc(-c3cccc4ccccc34)cc2)c2cc3ccccc3c3ccccc23)cc1. The number of nitrogens with zero attached hydrogens (tertiary/aromatic N) is 1. The van der Waals surface area contributed by atoms with Gasteiger partial charge in [0.2, 0.25) is 0 Å². The highest BCUT2D eigenvalue weighted by atomic mass is 15.1. The number of hydrogen-bond acceptors (Lipinski definition) is 1. The highest BCUT2D eigenvalue weighted by Crippen LogP contribution is 2.50. The topological polar surface area (TPSA) is 3.24 Å². The van der Waals surface area contributed by atoms with E-state index in [1.54, 1.807) is 0 Å². The summed E-state index contributed by atoms with van der Waals surface area (Å²) in [7, 11) is 0. The fourth-order valence-corrected chi connectivity index (χ4v) is 8.33. The standard InChI is InChI=1S/C54H37N/c1-3-17-38(18-4-1)46-25-11-14-29-51(46)54-48(40-19-5-2-6-20-40)31-16-32-52(54)55(53-37-42-22-8-10-26-47(42)49-27-12-13-28-50(49)53)43-35-33-41(34-36-43)45-30-15-23-39-21-7-9-24-44(39)45/h1-37H. The average Bonchev–Trinajstić information content (AvgIpc) is 3.27. The van der Waals surface area contributed by atoms with Crippen molar-refractivity contribution < 1.29 is 0 Å². The summed E-state index contributed by atoms with van der Waals surface area (Å²) in [5, 5.41) is 7.39. The molecule has 0 N–H and O–H groups in total. The lowest BCUT2D eigenvalue weighted by Crippen LogP contribution is -2.12. The molecule has 0 unspecified atom stereocenters. The van der Waals surface area contributed by atoms with Gasteiger partial charge in [-0.1, -0.05) is 200 Å². The molecule has 0 aliphatic heterocycles. The van der Waals surface area contributed by atoms with Crippen LogP contribution in [0.4, 0.5) is 17.1 Å². The highest BCUT2D eigenvalue weighted by Gasteiger charge is 2.24. The summed E-state index contributed by atoms with van der Waals surface area (Å²) in [6.45, 7) is 0. The van der Waals surface area contributed by atoms with Crippen molar-refractivity contribution in [1.29, 1.82) is 0 Å². The number of fused-ring (bicyclic) bond motifs is 4. The van der Waals surface area contributed by atoms with Crippen LogP contribution in [-0.4, -0.2) is 0 Å². The van der Waals surface area contributed by atoms with Crippen LogP contribution in [0.1, 0.15) is 0 Å². The van der Waals surface area contributed by atoms with Gasteiger partial charge in [0.05, 0.1) is 11.4 Å². The minimum atomic E-state index is 1.09. The van der Waals surface area contributed by atoms with E-state index in [1.165, 1.54) is 76.8 Å². The second-order valence-corrected chi connectivity index (χ2v) is 14.0. The summed E-state index contributed by atoms with van der Waals surface area (Å²) >= 11 is 0. The molecule has 0 fully saturated rings. The molecule has 10 aromatic rings. The number of anilines is 3. The first kappa shape index (κ1) is 32.4. The Morgan fingerprint density at radius 2 is 0.745 bits per heavy atom. The van der Waals surface area contributed by atoms with Gasteiger partial charge in [-0.3, -0.25) is 0 Å². The third-order valence-electron chi connectivity index (χ3n) is 10.9.